The van der Waals surface area contributed by atoms with E-state index in [9.17, 15) is 0 Å². The molecule has 1 aliphatic rings. The van der Waals surface area contributed by atoms with Gasteiger partial charge in [0.15, 0.2) is 0 Å². The van der Waals surface area contributed by atoms with E-state index in [-0.39, 0.29) is 0 Å². The topological polar surface area (TPSA) is 24.5 Å². The van der Waals surface area contributed by atoms with Crippen molar-refractivity contribution in [1.29, 1.82) is 0 Å². The number of nitrogens with one attached hydrogen (secondary N) is 1. The minimum absolute atomic E-state index is 0.676. The largest absolute Gasteiger partial charge is 0.492 e. The Morgan fingerprint density at radius 1 is 1.43 bits per heavy atom. The van der Waals surface area contributed by atoms with E-state index in [1.807, 2.05) is 24.3 Å². The third kappa shape index (κ3) is 5.97. The number of hydrogen-bond donors (Lipinski definition) is 1. The van der Waals surface area contributed by atoms with Crippen molar-refractivity contribution in [3.63, 3.8) is 0 Å². The van der Waals surface area contributed by atoms with Gasteiger partial charge < -0.3 is 10.1 Å². The molecule has 4 heteroatoms. The van der Waals surface area contributed by atoms with Gasteiger partial charge >= 0.3 is 0 Å². The first kappa shape index (κ1) is 16.8. The number of nitrogens with zero attached hydrogens (tertiary/aromatic N) is 1. The lowest BCUT2D eigenvalue weighted by atomic mass is 10.2. The van der Waals surface area contributed by atoms with Crippen molar-refractivity contribution in [3.05, 3.63) is 28.7 Å². The summed E-state index contributed by atoms with van der Waals surface area (Å²) in [6.07, 6.45) is 2.62. The van der Waals surface area contributed by atoms with Crippen LogP contribution in [0.25, 0.3) is 0 Å². The second-order valence-corrected chi connectivity index (χ2v) is 7.11. The van der Waals surface area contributed by atoms with Crippen molar-refractivity contribution < 1.29 is 4.74 Å². The van der Waals surface area contributed by atoms with Crippen LogP contribution < -0.4 is 10.1 Å². The monoisotopic (exact) mass is 354 g/mol. The fourth-order valence-electron chi connectivity index (χ4n) is 2.80. The maximum absolute atomic E-state index is 5.85. The second-order valence-electron chi connectivity index (χ2n) is 6.19. The van der Waals surface area contributed by atoms with Gasteiger partial charge in [0.25, 0.3) is 0 Å². The van der Waals surface area contributed by atoms with E-state index in [0.717, 1.165) is 42.4 Å². The minimum atomic E-state index is 0.676. The molecule has 0 aliphatic carbocycles. The van der Waals surface area contributed by atoms with Gasteiger partial charge in [-0.2, -0.15) is 0 Å². The average molecular weight is 355 g/mol. The third-order valence-corrected chi connectivity index (χ3v) is 4.37. The van der Waals surface area contributed by atoms with Crippen molar-refractivity contribution in [3.8, 4) is 5.75 Å². The smallest absolute Gasteiger partial charge is 0.120 e. The molecule has 1 unspecified atom stereocenters. The maximum atomic E-state index is 5.85. The molecule has 2 rings (SSSR count). The number of likely N-dealkylation sites (tertiary alicyclic amines) is 1. The van der Waals surface area contributed by atoms with Gasteiger partial charge in [-0.15, -0.1) is 0 Å². The van der Waals surface area contributed by atoms with Gasteiger partial charge in [-0.3, -0.25) is 4.90 Å². The highest BCUT2D eigenvalue weighted by atomic mass is 79.9. The Bertz CT molecular complexity index is 425. The van der Waals surface area contributed by atoms with E-state index in [1.165, 1.54) is 19.4 Å². The van der Waals surface area contributed by atoms with Crippen LogP contribution in [0.1, 0.15) is 26.7 Å². The van der Waals surface area contributed by atoms with Crippen LogP contribution in [0.3, 0.4) is 0 Å². The summed E-state index contributed by atoms with van der Waals surface area (Å²) in [5.41, 5.74) is 0. The minimum Gasteiger partial charge on any atom is -0.492 e. The van der Waals surface area contributed by atoms with Gasteiger partial charge in [-0.05, 0) is 50.0 Å². The quantitative estimate of drug-likeness (QED) is 0.772. The van der Waals surface area contributed by atoms with Crippen molar-refractivity contribution in [2.45, 2.75) is 32.7 Å². The molecule has 3 nitrogen and oxygen atoms in total. The third-order valence-electron chi connectivity index (χ3n) is 3.87. The van der Waals surface area contributed by atoms with Gasteiger partial charge in [0.1, 0.15) is 12.4 Å². The summed E-state index contributed by atoms with van der Waals surface area (Å²) in [6, 6.07) is 8.73. The molecule has 1 N–H and O–H groups in total. The molecule has 118 valence electrons. The lowest BCUT2D eigenvalue weighted by Gasteiger charge is -2.25. The van der Waals surface area contributed by atoms with Gasteiger partial charge in [-0.25, -0.2) is 0 Å². The molecule has 1 fully saturated rings. The molecule has 0 aromatic heterocycles. The van der Waals surface area contributed by atoms with E-state index in [1.54, 1.807) is 0 Å². The van der Waals surface area contributed by atoms with Crippen LogP contribution in [0.5, 0.6) is 5.75 Å². The molecule has 0 radical (unpaired) electrons. The molecule has 21 heavy (non-hydrogen) atoms. The average Bonchev–Trinajstić information content (AvgIpc) is 2.86. The molecule has 1 aliphatic heterocycles. The zero-order chi connectivity index (χ0) is 15.1. The lowest BCUT2D eigenvalue weighted by molar-refractivity contribution is 0.193. The summed E-state index contributed by atoms with van der Waals surface area (Å²) in [7, 11) is 0. The Morgan fingerprint density at radius 3 is 3.05 bits per heavy atom. The molecule has 0 bridgehead atoms. The van der Waals surface area contributed by atoms with Crippen molar-refractivity contribution in [2.75, 3.05) is 32.8 Å². The molecule has 1 heterocycles. The van der Waals surface area contributed by atoms with Crippen LogP contribution in [0.15, 0.2) is 28.7 Å². The Labute approximate surface area is 137 Å². The summed E-state index contributed by atoms with van der Waals surface area (Å²) in [6.45, 7) is 9.71. The van der Waals surface area contributed by atoms with E-state index in [0.29, 0.717) is 6.04 Å². The first-order valence-corrected chi connectivity index (χ1v) is 8.77. The summed E-state index contributed by atoms with van der Waals surface area (Å²) in [5, 5.41) is 3.58. The number of rotatable bonds is 8. The van der Waals surface area contributed by atoms with Crippen molar-refractivity contribution in [1.82, 2.24) is 10.2 Å². The van der Waals surface area contributed by atoms with Crippen LogP contribution in [0.2, 0.25) is 0 Å². The summed E-state index contributed by atoms with van der Waals surface area (Å²) in [5.74, 6) is 1.66. The van der Waals surface area contributed by atoms with Crippen LogP contribution >= 0.6 is 15.9 Å². The molecule has 1 aromatic carbocycles. The first-order valence-electron chi connectivity index (χ1n) is 7.98. The molecule has 0 spiro atoms. The van der Waals surface area contributed by atoms with E-state index in [4.69, 9.17) is 4.74 Å². The molecular weight excluding hydrogens is 328 g/mol. The summed E-state index contributed by atoms with van der Waals surface area (Å²) < 4.78 is 6.91. The fraction of sp³-hybridized carbons (Fsp3) is 0.647. The fourth-order valence-corrected chi connectivity index (χ4v) is 3.18. The lowest BCUT2D eigenvalue weighted by Crippen LogP contribution is -2.40. The van der Waals surface area contributed by atoms with Crippen LogP contribution in [0.4, 0.5) is 0 Å². The van der Waals surface area contributed by atoms with Crippen LogP contribution in [-0.2, 0) is 0 Å². The van der Waals surface area contributed by atoms with Crippen LogP contribution in [0, 0.1) is 5.92 Å². The Balaban J connectivity index is 1.69. The first-order chi connectivity index (χ1) is 10.1. The van der Waals surface area contributed by atoms with E-state index >= 15 is 0 Å². The number of benzene rings is 1. The maximum Gasteiger partial charge on any atom is 0.120 e. The predicted molar refractivity (Wildman–Crippen MR) is 91.9 cm³/mol. The summed E-state index contributed by atoms with van der Waals surface area (Å²) in [4.78, 5) is 2.56. The normalized spacial score (nSPS) is 19.3. The van der Waals surface area contributed by atoms with E-state index < -0.39 is 0 Å². The van der Waals surface area contributed by atoms with Crippen molar-refractivity contribution >= 4 is 15.9 Å². The molecule has 1 atom stereocenters. The highest BCUT2D eigenvalue weighted by Gasteiger charge is 2.23. The van der Waals surface area contributed by atoms with Crippen LogP contribution in [-0.4, -0.2) is 43.7 Å². The zero-order valence-corrected chi connectivity index (χ0v) is 14.7. The van der Waals surface area contributed by atoms with Gasteiger partial charge in [0.05, 0.1) is 0 Å². The molecule has 1 aromatic rings. The van der Waals surface area contributed by atoms with Gasteiger partial charge in [0.2, 0.25) is 0 Å². The Hall–Kier alpha value is -0.580. The zero-order valence-electron chi connectivity index (χ0n) is 13.1. The van der Waals surface area contributed by atoms with Crippen molar-refractivity contribution in [2.24, 2.45) is 5.92 Å². The summed E-state index contributed by atoms with van der Waals surface area (Å²) >= 11 is 3.47. The highest BCUT2D eigenvalue weighted by Crippen LogP contribution is 2.19. The number of halogens is 1. The highest BCUT2D eigenvalue weighted by molar-refractivity contribution is 9.10. The predicted octanol–water partition coefficient (Wildman–Crippen LogP) is 3.54. The Kier molecular flexibility index (Phi) is 7.00. The van der Waals surface area contributed by atoms with E-state index in [2.05, 4.69) is 40.0 Å². The molecule has 1 saturated heterocycles. The Morgan fingerprint density at radius 2 is 2.29 bits per heavy atom. The van der Waals surface area contributed by atoms with Gasteiger partial charge in [0, 0.05) is 23.6 Å². The molecule has 0 saturated carbocycles. The molecule has 0 amide bonds. The van der Waals surface area contributed by atoms with Gasteiger partial charge in [-0.1, -0.05) is 35.8 Å². The SMILES string of the molecule is CC(C)CNCC1CCCN1CCOc1cccc(Br)c1. The molecular formula is C17H27BrN2O. The number of hydrogen-bond acceptors (Lipinski definition) is 3. The number of ether oxygens (including phenoxy) is 1. The standard InChI is InChI=1S/C17H27BrN2O/c1-14(2)12-19-13-16-6-4-8-20(16)9-10-21-17-7-3-5-15(18)11-17/h3,5,7,11,14,16,19H,4,6,8-10,12-13H2,1-2H3. The second kappa shape index (κ2) is 8.76.